The van der Waals surface area contributed by atoms with Crippen molar-refractivity contribution in [3.8, 4) is 0 Å². The van der Waals surface area contributed by atoms with Gasteiger partial charge in [0.15, 0.2) is 0 Å². The molecule has 1 unspecified atom stereocenters. The Bertz CT molecular complexity index is 597. The minimum Gasteiger partial charge on any atom is -0.348 e. The Morgan fingerprint density at radius 1 is 1.46 bits per heavy atom. The number of benzene rings is 1. The van der Waals surface area contributed by atoms with Gasteiger partial charge in [0, 0.05) is 31.4 Å². The summed E-state index contributed by atoms with van der Waals surface area (Å²) in [5.74, 6) is -0.764. The fourth-order valence-corrected chi connectivity index (χ4v) is 2.62. The molecule has 1 aliphatic rings. The van der Waals surface area contributed by atoms with Gasteiger partial charge in [0.2, 0.25) is 0 Å². The Hall–Kier alpha value is -1.86. The average molecular weight is 359 g/mol. The summed E-state index contributed by atoms with van der Waals surface area (Å²) in [5.41, 5.74) is 6.08. The van der Waals surface area contributed by atoms with Gasteiger partial charge < -0.3 is 16.4 Å². The largest absolute Gasteiger partial charge is 0.348 e. The summed E-state index contributed by atoms with van der Waals surface area (Å²) in [6.45, 7) is 5.37. The quantitative estimate of drug-likeness (QED) is 0.725. The topological polar surface area (TPSA) is 87.5 Å². The maximum Gasteiger partial charge on any atom is 0.321 e. The van der Waals surface area contributed by atoms with Crippen LogP contribution in [0.1, 0.15) is 30.6 Å². The van der Waals surface area contributed by atoms with Crippen molar-refractivity contribution in [3.63, 3.8) is 0 Å². The van der Waals surface area contributed by atoms with Crippen molar-refractivity contribution in [2.75, 3.05) is 24.5 Å². The van der Waals surface area contributed by atoms with Crippen molar-refractivity contribution in [3.05, 3.63) is 29.6 Å². The van der Waals surface area contributed by atoms with Crippen LogP contribution >= 0.6 is 12.4 Å². The van der Waals surface area contributed by atoms with Gasteiger partial charge >= 0.3 is 6.03 Å². The summed E-state index contributed by atoms with van der Waals surface area (Å²) in [4.78, 5) is 25.5. The molecule has 3 amide bonds. The van der Waals surface area contributed by atoms with Gasteiger partial charge in [-0.25, -0.2) is 9.18 Å². The molecule has 0 bridgehead atoms. The second-order valence-corrected chi connectivity index (χ2v) is 6.08. The zero-order chi connectivity index (χ0) is 17.0. The van der Waals surface area contributed by atoms with E-state index >= 15 is 0 Å². The first kappa shape index (κ1) is 20.2. The minimum atomic E-state index is -0.619. The third kappa shape index (κ3) is 4.82. The van der Waals surface area contributed by atoms with E-state index in [1.54, 1.807) is 0 Å². The van der Waals surface area contributed by atoms with Crippen LogP contribution in [-0.2, 0) is 0 Å². The van der Waals surface area contributed by atoms with E-state index in [2.05, 4.69) is 10.6 Å². The lowest BCUT2D eigenvalue weighted by molar-refractivity contribution is 0.0929. The zero-order valence-corrected chi connectivity index (χ0v) is 14.7. The molecule has 1 aromatic rings. The third-order valence-corrected chi connectivity index (χ3v) is 3.74. The van der Waals surface area contributed by atoms with Gasteiger partial charge in [-0.2, -0.15) is 0 Å². The number of halogens is 2. The highest BCUT2D eigenvalue weighted by Gasteiger charge is 2.24. The summed E-state index contributed by atoms with van der Waals surface area (Å²) >= 11 is 0. The molecule has 0 spiro atoms. The Balaban J connectivity index is 0.00000288. The van der Waals surface area contributed by atoms with Gasteiger partial charge in [-0.3, -0.25) is 9.69 Å². The molecule has 1 atom stereocenters. The van der Waals surface area contributed by atoms with Crippen molar-refractivity contribution < 1.29 is 14.0 Å². The highest BCUT2D eigenvalue weighted by molar-refractivity contribution is 5.98. The van der Waals surface area contributed by atoms with E-state index in [-0.39, 0.29) is 30.0 Å². The Labute approximate surface area is 147 Å². The number of amides is 3. The average Bonchev–Trinajstić information content (AvgIpc) is 2.92. The third-order valence-electron chi connectivity index (χ3n) is 3.74. The van der Waals surface area contributed by atoms with E-state index < -0.39 is 11.7 Å². The number of nitrogens with one attached hydrogen (secondary N) is 2. The van der Waals surface area contributed by atoms with Crippen LogP contribution in [-0.4, -0.2) is 37.6 Å². The van der Waals surface area contributed by atoms with Crippen molar-refractivity contribution in [1.29, 1.82) is 0 Å². The number of carbonyl (C=O) groups is 2. The van der Waals surface area contributed by atoms with Crippen LogP contribution < -0.4 is 21.3 Å². The van der Waals surface area contributed by atoms with Crippen LogP contribution in [0.25, 0.3) is 0 Å². The molecule has 1 saturated heterocycles. The van der Waals surface area contributed by atoms with E-state index in [4.69, 9.17) is 5.73 Å². The number of nitrogens with zero attached hydrogens (tertiary/aromatic N) is 1. The molecule has 8 heteroatoms. The number of urea groups is 1. The molecular formula is C16H24ClFN4O2. The van der Waals surface area contributed by atoms with E-state index in [1.807, 2.05) is 13.8 Å². The molecule has 1 fully saturated rings. The molecule has 134 valence electrons. The molecule has 0 radical (unpaired) electrons. The number of carbonyl (C=O) groups excluding carboxylic acids is 2. The summed E-state index contributed by atoms with van der Waals surface area (Å²) in [7, 11) is 0. The fraction of sp³-hybridized carbons (Fsp3) is 0.500. The summed E-state index contributed by atoms with van der Waals surface area (Å²) in [6, 6.07) is 3.64. The van der Waals surface area contributed by atoms with Gasteiger partial charge in [-0.1, -0.05) is 13.8 Å². The van der Waals surface area contributed by atoms with E-state index in [0.717, 1.165) is 6.42 Å². The Morgan fingerprint density at radius 3 is 2.71 bits per heavy atom. The fourth-order valence-electron chi connectivity index (χ4n) is 2.62. The van der Waals surface area contributed by atoms with Crippen molar-refractivity contribution in [2.24, 2.45) is 11.7 Å². The standard InChI is InChI=1S/C16H23FN4O2.ClH/c1-10(2)7-11(9-18)20-15(22)13-8-12(3-4-14(13)17)21-6-5-19-16(21)23;/h3-4,8,10-11H,5-7,9,18H2,1-2H3,(H,19,23)(H,20,22);1H. The normalized spacial score (nSPS) is 15.0. The first-order valence-electron chi connectivity index (χ1n) is 7.78. The van der Waals surface area contributed by atoms with Gasteiger partial charge in [-0.05, 0) is 30.5 Å². The lowest BCUT2D eigenvalue weighted by Crippen LogP contribution is -2.41. The highest BCUT2D eigenvalue weighted by Crippen LogP contribution is 2.21. The molecule has 1 heterocycles. The van der Waals surface area contributed by atoms with Crippen LogP contribution in [0, 0.1) is 11.7 Å². The number of anilines is 1. The molecule has 2 rings (SSSR count). The number of rotatable bonds is 6. The molecule has 1 aliphatic heterocycles. The van der Waals surface area contributed by atoms with Crippen LogP contribution in [0.5, 0.6) is 0 Å². The first-order valence-corrected chi connectivity index (χ1v) is 7.78. The first-order chi connectivity index (χ1) is 10.9. The summed E-state index contributed by atoms with van der Waals surface area (Å²) in [6.07, 6.45) is 0.720. The monoisotopic (exact) mass is 358 g/mol. The number of hydrogen-bond donors (Lipinski definition) is 3. The lowest BCUT2D eigenvalue weighted by atomic mass is 10.0. The Kier molecular flexibility index (Phi) is 7.44. The van der Waals surface area contributed by atoms with Gasteiger partial charge in [0.25, 0.3) is 5.91 Å². The number of hydrogen-bond acceptors (Lipinski definition) is 3. The molecule has 24 heavy (non-hydrogen) atoms. The van der Waals surface area contributed by atoms with Crippen LogP contribution in [0.15, 0.2) is 18.2 Å². The van der Waals surface area contributed by atoms with Crippen LogP contribution in [0.2, 0.25) is 0 Å². The van der Waals surface area contributed by atoms with Crippen molar-refractivity contribution in [2.45, 2.75) is 26.3 Å². The highest BCUT2D eigenvalue weighted by atomic mass is 35.5. The van der Waals surface area contributed by atoms with Gasteiger partial charge in [0.05, 0.1) is 5.56 Å². The molecule has 0 saturated carbocycles. The van der Waals surface area contributed by atoms with Crippen LogP contribution in [0.4, 0.5) is 14.9 Å². The molecule has 0 aliphatic carbocycles. The van der Waals surface area contributed by atoms with E-state index in [0.29, 0.717) is 31.2 Å². The van der Waals surface area contributed by atoms with Crippen LogP contribution in [0.3, 0.4) is 0 Å². The second-order valence-electron chi connectivity index (χ2n) is 6.08. The molecular weight excluding hydrogens is 335 g/mol. The molecule has 4 N–H and O–H groups in total. The SMILES string of the molecule is CC(C)CC(CN)NC(=O)c1cc(N2CCNC2=O)ccc1F.Cl. The van der Waals surface area contributed by atoms with Crippen molar-refractivity contribution >= 4 is 30.0 Å². The molecule has 0 aromatic heterocycles. The number of nitrogens with two attached hydrogens (primary N) is 1. The van der Waals surface area contributed by atoms with E-state index in [9.17, 15) is 14.0 Å². The maximum absolute atomic E-state index is 14.0. The lowest BCUT2D eigenvalue weighted by Gasteiger charge is -2.20. The summed E-state index contributed by atoms with van der Waals surface area (Å²) < 4.78 is 14.0. The molecule has 1 aromatic carbocycles. The summed E-state index contributed by atoms with van der Waals surface area (Å²) in [5, 5.41) is 5.43. The van der Waals surface area contributed by atoms with E-state index in [1.165, 1.54) is 23.1 Å². The molecule has 6 nitrogen and oxygen atoms in total. The maximum atomic E-state index is 14.0. The predicted molar refractivity (Wildman–Crippen MR) is 94.2 cm³/mol. The smallest absolute Gasteiger partial charge is 0.321 e. The van der Waals surface area contributed by atoms with Gasteiger partial charge in [0.1, 0.15) is 5.82 Å². The van der Waals surface area contributed by atoms with Crippen molar-refractivity contribution in [1.82, 2.24) is 10.6 Å². The predicted octanol–water partition coefficient (Wildman–Crippen LogP) is 1.88. The zero-order valence-electron chi connectivity index (χ0n) is 13.8. The Morgan fingerprint density at radius 2 is 2.17 bits per heavy atom. The second kappa shape index (κ2) is 8.84. The van der Waals surface area contributed by atoms with Gasteiger partial charge in [-0.15, -0.1) is 12.4 Å². The minimum absolute atomic E-state index is 0.